The highest BCUT2D eigenvalue weighted by molar-refractivity contribution is 6.06. The normalized spacial score (nSPS) is 11.2. The van der Waals surface area contributed by atoms with Crippen LogP contribution in [0, 0.1) is 0 Å². The van der Waals surface area contributed by atoms with Crippen molar-refractivity contribution in [1.29, 1.82) is 0 Å². The second kappa shape index (κ2) is 9.92. The lowest BCUT2D eigenvalue weighted by Gasteiger charge is -2.09. The molecule has 0 saturated heterocycles. The molecular formula is C21H30N6O. The molecule has 0 aliphatic carbocycles. The van der Waals surface area contributed by atoms with Crippen LogP contribution in [0.25, 0.3) is 21.9 Å². The monoisotopic (exact) mass is 382 g/mol. The number of hydrogen-bond donors (Lipinski definition) is 3. The molecule has 1 aromatic carbocycles. The topological polar surface area (TPSA) is 97.9 Å². The number of imidazole rings is 1. The average molecular weight is 383 g/mol. The molecule has 3 aromatic rings. The van der Waals surface area contributed by atoms with Crippen LogP contribution in [0.5, 0.6) is 0 Å². The Bertz CT molecular complexity index is 920. The van der Waals surface area contributed by atoms with Gasteiger partial charge in [-0.25, -0.2) is 14.8 Å². The first kappa shape index (κ1) is 19.9. The van der Waals surface area contributed by atoms with Crippen LogP contribution in [0.2, 0.25) is 0 Å². The number of aromatic nitrogens is 3. The third-order valence-corrected chi connectivity index (χ3v) is 4.91. The molecule has 0 atom stereocenters. The number of pyridine rings is 1. The maximum absolute atomic E-state index is 11.8. The highest BCUT2D eigenvalue weighted by Gasteiger charge is 2.11. The van der Waals surface area contributed by atoms with Gasteiger partial charge < -0.3 is 20.9 Å². The van der Waals surface area contributed by atoms with Gasteiger partial charge in [0.05, 0.1) is 17.4 Å². The number of rotatable bonds is 10. The zero-order chi connectivity index (χ0) is 19.8. The van der Waals surface area contributed by atoms with Crippen LogP contribution < -0.4 is 16.4 Å². The molecule has 4 N–H and O–H groups in total. The number of fused-ring (bicyclic) bond motifs is 3. The molecule has 2 amide bonds. The SMILES string of the molecule is CCCCCCNC(=O)NCCCCn1cnc2c(N)nc3ccccc3c21. The van der Waals surface area contributed by atoms with Gasteiger partial charge in [0.25, 0.3) is 0 Å². The molecule has 0 unspecified atom stereocenters. The second-order valence-corrected chi connectivity index (χ2v) is 7.10. The van der Waals surface area contributed by atoms with Gasteiger partial charge >= 0.3 is 6.03 Å². The molecule has 150 valence electrons. The zero-order valence-corrected chi connectivity index (χ0v) is 16.6. The Morgan fingerprint density at radius 2 is 1.82 bits per heavy atom. The predicted octanol–water partition coefficient (Wildman–Crippen LogP) is 3.83. The van der Waals surface area contributed by atoms with Crippen molar-refractivity contribution in [2.24, 2.45) is 0 Å². The molecule has 0 aliphatic rings. The first-order chi connectivity index (χ1) is 13.7. The van der Waals surface area contributed by atoms with Crippen LogP contribution in [0.15, 0.2) is 30.6 Å². The molecule has 7 nitrogen and oxygen atoms in total. The predicted molar refractivity (Wildman–Crippen MR) is 114 cm³/mol. The average Bonchev–Trinajstić information content (AvgIpc) is 3.13. The van der Waals surface area contributed by atoms with Crippen LogP contribution in [-0.4, -0.2) is 33.7 Å². The number of nitrogens with one attached hydrogen (secondary N) is 2. The smallest absolute Gasteiger partial charge is 0.314 e. The standard InChI is InChI=1S/C21H30N6O/c1-2-3-4-7-12-23-21(28)24-13-8-9-14-27-15-25-18-19(27)16-10-5-6-11-17(16)26-20(18)22/h5-6,10-11,15H,2-4,7-9,12-14H2,1H3,(H2,22,26)(H2,23,24,28). The van der Waals surface area contributed by atoms with Crippen molar-refractivity contribution in [2.75, 3.05) is 18.8 Å². The van der Waals surface area contributed by atoms with Crippen molar-refractivity contribution < 1.29 is 4.79 Å². The lowest BCUT2D eigenvalue weighted by molar-refractivity contribution is 0.240. The van der Waals surface area contributed by atoms with E-state index in [1.165, 1.54) is 19.3 Å². The Hall–Kier alpha value is -2.83. The van der Waals surface area contributed by atoms with Gasteiger partial charge in [0.1, 0.15) is 5.52 Å². The van der Waals surface area contributed by atoms with Gasteiger partial charge in [-0.1, -0.05) is 44.4 Å². The lowest BCUT2D eigenvalue weighted by Crippen LogP contribution is -2.36. The summed E-state index contributed by atoms with van der Waals surface area (Å²) < 4.78 is 2.13. The first-order valence-corrected chi connectivity index (χ1v) is 10.2. The van der Waals surface area contributed by atoms with Gasteiger partial charge in [-0.15, -0.1) is 0 Å². The summed E-state index contributed by atoms with van der Waals surface area (Å²) in [5.74, 6) is 0.463. The lowest BCUT2D eigenvalue weighted by atomic mass is 10.2. The van der Waals surface area contributed by atoms with E-state index in [1.54, 1.807) is 0 Å². The summed E-state index contributed by atoms with van der Waals surface area (Å²) in [5, 5.41) is 6.90. The Labute approximate surface area is 165 Å². The molecule has 0 fully saturated rings. The zero-order valence-electron chi connectivity index (χ0n) is 16.6. The van der Waals surface area contributed by atoms with E-state index in [1.807, 2.05) is 24.5 Å². The summed E-state index contributed by atoms with van der Waals surface area (Å²) in [5.41, 5.74) is 8.73. The Morgan fingerprint density at radius 3 is 2.61 bits per heavy atom. The fourth-order valence-electron chi connectivity index (χ4n) is 3.40. The fourth-order valence-corrected chi connectivity index (χ4v) is 3.40. The van der Waals surface area contributed by atoms with Crippen LogP contribution >= 0.6 is 0 Å². The molecule has 0 aliphatic heterocycles. The summed E-state index contributed by atoms with van der Waals surface area (Å²) in [6.45, 7) is 4.42. The molecule has 2 aromatic heterocycles. The van der Waals surface area contributed by atoms with E-state index in [9.17, 15) is 4.79 Å². The molecular weight excluding hydrogens is 352 g/mol. The Balaban J connectivity index is 1.47. The van der Waals surface area contributed by atoms with E-state index < -0.39 is 0 Å². The number of nitrogens with two attached hydrogens (primary N) is 1. The molecule has 3 rings (SSSR count). The molecule has 7 heteroatoms. The quantitative estimate of drug-likeness (QED) is 0.464. The number of nitrogen functional groups attached to an aromatic ring is 1. The minimum atomic E-state index is -0.0746. The Morgan fingerprint density at radius 1 is 1.07 bits per heavy atom. The fraction of sp³-hybridized carbons (Fsp3) is 0.476. The van der Waals surface area contributed by atoms with Crippen LogP contribution in [0.3, 0.4) is 0 Å². The van der Waals surface area contributed by atoms with Crippen molar-refractivity contribution in [3.63, 3.8) is 0 Å². The van der Waals surface area contributed by atoms with Gasteiger partial charge in [-0.2, -0.15) is 0 Å². The summed E-state index contributed by atoms with van der Waals surface area (Å²) >= 11 is 0. The number of hydrogen-bond acceptors (Lipinski definition) is 4. The summed E-state index contributed by atoms with van der Waals surface area (Å²) in [6.07, 6.45) is 8.32. The molecule has 28 heavy (non-hydrogen) atoms. The van der Waals surface area contributed by atoms with E-state index in [0.29, 0.717) is 12.4 Å². The number of carbonyl (C=O) groups excluding carboxylic acids is 1. The van der Waals surface area contributed by atoms with Crippen molar-refractivity contribution in [1.82, 2.24) is 25.2 Å². The highest BCUT2D eigenvalue weighted by atomic mass is 16.2. The minimum absolute atomic E-state index is 0.0746. The van der Waals surface area contributed by atoms with Gasteiger partial charge in [-0.05, 0) is 25.3 Å². The van der Waals surface area contributed by atoms with E-state index in [-0.39, 0.29) is 6.03 Å². The van der Waals surface area contributed by atoms with Crippen molar-refractivity contribution in [3.8, 4) is 0 Å². The molecule has 0 spiro atoms. The number of para-hydroxylation sites is 1. The molecule has 2 heterocycles. The maximum Gasteiger partial charge on any atom is 0.314 e. The first-order valence-electron chi connectivity index (χ1n) is 10.2. The largest absolute Gasteiger partial charge is 0.382 e. The van der Waals surface area contributed by atoms with E-state index in [2.05, 4.69) is 38.2 Å². The third-order valence-electron chi connectivity index (χ3n) is 4.91. The third kappa shape index (κ3) is 4.91. The maximum atomic E-state index is 11.8. The van der Waals surface area contributed by atoms with E-state index in [0.717, 1.165) is 54.3 Å². The number of urea groups is 1. The van der Waals surface area contributed by atoms with Gasteiger partial charge in [-0.3, -0.25) is 0 Å². The number of anilines is 1. The summed E-state index contributed by atoms with van der Waals surface area (Å²) in [7, 11) is 0. The van der Waals surface area contributed by atoms with Crippen LogP contribution in [-0.2, 0) is 6.54 Å². The Kier molecular flexibility index (Phi) is 7.06. The molecule has 0 bridgehead atoms. The van der Waals surface area contributed by atoms with Crippen LogP contribution in [0.1, 0.15) is 45.4 Å². The van der Waals surface area contributed by atoms with Crippen LogP contribution in [0.4, 0.5) is 10.6 Å². The molecule has 0 saturated carbocycles. The minimum Gasteiger partial charge on any atom is -0.382 e. The summed E-state index contributed by atoms with van der Waals surface area (Å²) in [6, 6.07) is 7.90. The van der Waals surface area contributed by atoms with E-state index >= 15 is 0 Å². The number of aryl methyl sites for hydroxylation is 1. The van der Waals surface area contributed by atoms with Crippen molar-refractivity contribution in [3.05, 3.63) is 30.6 Å². The highest BCUT2D eigenvalue weighted by Crippen LogP contribution is 2.27. The number of benzene rings is 1. The number of unbranched alkanes of at least 4 members (excludes halogenated alkanes) is 4. The number of amides is 2. The molecule has 0 radical (unpaired) electrons. The van der Waals surface area contributed by atoms with Gasteiger partial charge in [0, 0.05) is 25.0 Å². The number of carbonyl (C=O) groups is 1. The van der Waals surface area contributed by atoms with Gasteiger partial charge in [0.2, 0.25) is 0 Å². The van der Waals surface area contributed by atoms with Crippen molar-refractivity contribution >= 4 is 33.8 Å². The second-order valence-electron chi connectivity index (χ2n) is 7.10. The van der Waals surface area contributed by atoms with Crippen molar-refractivity contribution in [2.45, 2.75) is 52.0 Å². The van der Waals surface area contributed by atoms with E-state index in [4.69, 9.17) is 5.73 Å². The summed E-state index contributed by atoms with van der Waals surface area (Å²) in [4.78, 5) is 20.6. The number of nitrogens with zero attached hydrogens (tertiary/aromatic N) is 3. The van der Waals surface area contributed by atoms with Gasteiger partial charge in [0.15, 0.2) is 5.82 Å².